The zero-order valence-electron chi connectivity index (χ0n) is 28.1. The molecule has 0 fully saturated rings. The molecule has 0 saturated carbocycles. The van der Waals surface area contributed by atoms with Crippen LogP contribution in [0.25, 0.3) is 0 Å². The first-order chi connectivity index (χ1) is 19.5. The maximum Gasteiger partial charge on any atom is 0.310 e. The van der Waals surface area contributed by atoms with Gasteiger partial charge in [0.1, 0.15) is 0 Å². The van der Waals surface area contributed by atoms with Crippen LogP contribution in [0.1, 0.15) is 183 Å². The van der Waals surface area contributed by atoms with Gasteiger partial charge in [-0.1, -0.05) is 157 Å². The highest BCUT2D eigenvalue weighted by atomic mass is 16.7. The van der Waals surface area contributed by atoms with Crippen LogP contribution in [0.15, 0.2) is 0 Å². The van der Waals surface area contributed by atoms with Crippen molar-refractivity contribution in [2.45, 2.75) is 189 Å². The smallest absolute Gasteiger partial charge is 0.310 e. The fourth-order valence-electron chi connectivity index (χ4n) is 5.69. The van der Waals surface area contributed by atoms with E-state index in [1.165, 1.54) is 116 Å². The lowest BCUT2D eigenvalue weighted by atomic mass is 9.93. The van der Waals surface area contributed by atoms with Crippen molar-refractivity contribution in [3.8, 4) is 0 Å². The molecule has 0 spiro atoms. The van der Waals surface area contributed by atoms with Crippen LogP contribution in [-0.4, -0.2) is 32.1 Å². The minimum atomic E-state index is -0.487. The zero-order chi connectivity index (χ0) is 29.7. The van der Waals surface area contributed by atoms with Crippen LogP contribution in [0.4, 0.5) is 0 Å². The van der Waals surface area contributed by atoms with Crippen LogP contribution in [-0.2, 0) is 19.0 Å². The van der Waals surface area contributed by atoms with Crippen LogP contribution in [0.3, 0.4) is 0 Å². The molecule has 0 heterocycles. The largest absolute Gasteiger partial charge is 0.466 e. The highest BCUT2D eigenvalue weighted by Gasteiger charge is 2.19. The van der Waals surface area contributed by atoms with Gasteiger partial charge in [0.05, 0.1) is 26.2 Å². The lowest BCUT2D eigenvalue weighted by Gasteiger charge is -2.23. The van der Waals surface area contributed by atoms with Crippen molar-refractivity contribution in [3.05, 3.63) is 0 Å². The van der Waals surface area contributed by atoms with Crippen molar-refractivity contribution in [2.24, 2.45) is 17.8 Å². The quantitative estimate of drug-likeness (QED) is 0.0616. The lowest BCUT2D eigenvalue weighted by molar-refractivity contribution is -0.173. The molecule has 0 aromatic heterocycles. The van der Waals surface area contributed by atoms with E-state index in [9.17, 15) is 4.79 Å². The Labute approximate surface area is 251 Å². The summed E-state index contributed by atoms with van der Waals surface area (Å²) in [6.07, 6.45) is 25.5. The third kappa shape index (κ3) is 24.0. The second-order valence-electron chi connectivity index (χ2n) is 12.4. The van der Waals surface area contributed by atoms with E-state index in [0.29, 0.717) is 37.6 Å². The fraction of sp³-hybridized carbons (Fsp3) is 0.972. The standard InChI is InChI=1S/C36H72O4/c1-7-13-19-32(20-14-8-2)25-28-38-35(37)31-36(39-29-26-33(21-15-9-3)22-16-10-4)40-30-27-34(23-17-11-5)24-18-12-6/h32-34,36H,7-31H2,1-6H3. The molecule has 0 bridgehead atoms. The third-order valence-electron chi connectivity index (χ3n) is 8.58. The van der Waals surface area contributed by atoms with Gasteiger partial charge in [0.15, 0.2) is 6.29 Å². The van der Waals surface area contributed by atoms with Crippen molar-refractivity contribution in [1.29, 1.82) is 0 Å². The second-order valence-corrected chi connectivity index (χ2v) is 12.4. The number of carbonyl (C=O) groups is 1. The summed E-state index contributed by atoms with van der Waals surface area (Å²) in [6.45, 7) is 15.4. The van der Waals surface area contributed by atoms with Crippen LogP contribution < -0.4 is 0 Å². The van der Waals surface area contributed by atoms with E-state index in [1.54, 1.807) is 0 Å². The number of unbranched alkanes of at least 4 members (excludes halogenated alkanes) is 6. The topological polar surface area (TPSA) is 44.8 Å². The Morgan fingerprint density at radius 3 is 1.05 bits per heavy atom. The molecule has 0 aliphatic rings. The van der Waals surface area contributed by atoms with Gasteiger partial charge in [-0.2, -0.15) is 0 Å². The molecule has 0 amide bonds. The van der Waals surface area contributed by atoms with Crippen molar-refractivity contribution < 1.29 is 19.0 Å². The Balaban J connectivity index is 4.92. The van der Waals surface area contributed by atoms with E-state index < -0.39 is 6.29 Å². The predicted octanol–water partition coefficient (Wildman–Crippen LogP) is 11.4. The maximum atomic E-state index is 12.8. The normalized spacial score (nSPS) is 11.9. The molecule has 0 unspecified atom stereocenters. The van der Waals surface area contributed by atoms with E-state index in [4.69, 9.17) is 14.2 Å². The van der Waals surface area contributed by atoms with Gasteiger partial charge in [0.25, 0.3) is 0 Å². The number of hydrogen-bond acceptors (Lipinski definition) is 4. The molecule has 0 rings (SSSR count). The fourth-order valence-corrected chi connectivity index (χ4v) is 5.69. The van der Waals surface area contributed by atoms with E-state index >= 15 is 0 Å². The molecular weight excluding hydrogens is 496 g/mol. The van der Waals surface area contributed by atoms with Gasteiger partial charge in [0.2, 0.25) is 0 Å². The molecule has 0 aromatic rings. The highest BCUT2D eigenvalue weighted by molar-refractivity contribution is 5.69. The summed E-state index contributed by atoms with van der Waals surface area (Å²) < 4.78 is 18.2. The molecule has 0 N–H and O–H groups in total. The molecular formula is C36H72O4. The number of carbonyl (C=O) groups excluding carboxylic acids is 1. The summed E-state index contributed by atoms with van der Waals surface area (Å²) in [4.78, 5) is 12.8. The summed E-state index contributed by atoms with van der Waals surface area (Å²) in [5, 5.41) is 0. The Bertz CT molecular complexity index is 473. The summed E-state index contributed by atoms with van der Waals surface area (Å²) in [7, 11) is 0. The molecule has 40 heavy (non-hydrogen) atoms. The maximum absolute atomic E-state index is 12.8. The first-order valence-corrected chi connectivity index (χ1v) is 17.9. The number of ether oxygens (including phenoxy) is 3. The monoisotopic (exact) mass is 569 g/mol. The first-order valence-electron chi connectivity index (χ1n) is 17.9. The van der Waals surface area contributed by atoms with E-state index in [1.807, 2.05) is 0 Å². The van der Waals surface area contributed by atoms with Gasteiger partial charge >= 0.3 is 5.97 Å². The Morgan fingerprint density at radius 1 is 0.450 bits per heavy atom. The molecule has 0 aromatic carbocycles. The van der Waals surface area contributed by atoms with E-state index in [-0.39, 0.29) is 12.4 Å². The highest BCUT2D eigenvalue weighted by Crippen LogP contribution is 2.23. The second kappa shape index (κ2) is 29.9. The van der Waals surface area contributed by atoms with E-state index in [0.717, 1.165) is 19.3 Å². The SMILES string of the molecule is CCCCC(CCCC)CCOC(=O)CC(OCCC(CCCC)CCCC)OCCC(CCCC)CCCC. The number of rotatable bonds is 31. The molecule has 0 saturated heterocycles. The predicted molar refractivity (Wildman–Crippen MR) is 173 cm³/mol. The van der Waals surface area contributed by atoms with Gasteiger partial charge < -0.3 is 14.2 Å². The molecule has 4 heteroatoms. The zero-order valence-corrected chi connectivity index (χ0v) is 28.1. The van der Waals surface area contributed by atoms with Crippen molar-refractivity contribution in [2.75, 3.05) is 19.8 Å². The Morgan fingerprint density at radius 2 is 0.750 bits per heavy atom. The molecule has 240 valence electrons. The molecule has 0 atom stereocenters. The minimum Gasteiger partial charge on any atom is -0.466 e. The van der Waals surface area contributed by atoms with Gasteiger partial charge in [-0.25, -0.2) is 0 Å². The summed E-state index contributed by atoms with van der Waals surface area (Å²) in [5.41, 5.74) is 0. The first kappa shape index (κ1) is 39.4. The molecule has 0 aliphatic carbocycles. The van der Waals surface area contributed by atoms with Gasteiger partial charge in [-0.15, -0.1) is 0 Å². The average Bonchev–Trinajstić information content (AvgIpc) is 2.96. The van der Waals surface area contributed by atoms with Gasteiger partial charge in [0, 0.05) is 0 Å². The van der Waals surface area contributed by atoms with E-state index in [2.05, 4.69) is 41.5 Å². The Hall–Kier alpha value is -0.610. The van der Waals surface area contributed by atoms with Crippen LogP contribution in [0, 0.1) is 17.8 Å². The van der Waals surface area contributed by atoms with Gasteiger partial charge in [-0.3, -0.25) is 4.79 Å². The minimum absolute atomic E-state index is 0.170. The van der Waals surface area contributed by atoms with Crippen LogP contribution in [0.5, 0.6) is 0 Å². The number of hydrogen-bond donors (Lipinski definition) is 0. The lowest BCUT2D eigenvalue weighted by Crippen LogP contribution is -2.25. The molecule has 0 aliphatic heterocycles. The summed E-state index contributed by atoms with van der Waals surface area (Å²) >= 11 is 0. The third-order valence-corrected chi connectivity index (χ3v) is 8.58. The van der Waals surface area contributed by atoms with Crippen LogP contribution >= 0.6 is 0 Å². The van der Waals surface area contributed by atoms with Crippen LogP contribution in [0.2, 0.25) is 0 Å². The van der Waals surface area contributed by atoms with Crippen molar-refractivity contribution in [1.82, 2.24) is 0 Å². The average molecular weight is 569 g/mol. The van der Waals surface area contributed by atoms with Crippen molar-refractivity contribution in [3.63, 3.8) is 0 Å². The Kier molecular flexibility index (Phi) is 29.4. The number of esters is 1. The van der Waals surface area contributed by atoms with Gasteiger partial charge in [-0.05, 0) is 37.0 Å². The molecule has 0 radical (unpaired) electrons. The summed E-state index contributed by atoms with van der Waals surface area (Å²) in [5.74, 6) is 1.92. The molecule has 4 nitrogen and oxygen atoms in total. The summed E-state index contributed by atoms with van der Waals surface area (Å²) in [6, 6.07) is 0. The van der Waals surface area contributed by atoms with Crippen molar-refractivity contribution >= 4 is 5.97 Å².